The monoisotopic (exact) mass is 215 g/mol. The molecule has 0 radical (unpaired) electrons. The van der Waals surface area contributed by atoms with Gasteiger partial charge in [-0.15, -0.1) is 0 Å². The van der Waals surface area contributed by atoms with Crippen LogP contribution in [-0.2, 0) is 4.74 Å². The topological polar surface area (TPSA) is 55.5 Å². The van der Waals surface area contributed by atoms with Crippen molar-refractivity contribution in [1.29, 1.82) is 0 Å². The molecule has 90 valence electrons. The molecule has 1 rings (SSSR count). The Kier molecular flexibility index (Phi) is 5.03. The van der Waals surface area contributed by atoms with Crippen LogP contribution in [0.3, 0.4) is 0 Å². The third kappa shape index (κ3) is 4.96. The SMILES string of the molecule is CC1CCC(OCCC(C)(N)CO)CC1. The predicted octanol–water partition coefficient (Wildman–Crippen LogP) is 1.68. The van der Waals surface area contributed by atoms with E-state index in [0.29, 0.717) is 12.7 Å². The second-order valence-electron chi connectivity index (χ2n) is 5.31. The minimum absolute atomic E-state index is 0.0259. The first-order valence-electron chi connectivity index (χ1n) is 6.05. The highest BCUT2D eigenvalue weighted by Gasteiger charge is 2.21. The molecule has 1 unspecified atom stereocenters. The van der Waals surface area contributed by atoms with Gasteiger partial charge in [-0.2, -0.15) is 0 Å². The number of aliphatic hydroxyl groups excluding tert-OH is 1. The van der Waals surface area contributed by atoms with Gasteiger partial charge in [0.15, 0.2) is 0 Å². The summed E-state index contributed by atoms with van der Waals surface area (Å²) in [5.74, 6) is 0.863. The van der Waals surface area contributed by atoms with E-state index >= 15 is 0 Å². The maximum Gasteiger partial charge on any atom is 0.0609 e. The summed E-state index contributed by atoms with van der Waals surface area (Å²) in [6.45, 7) is 4.86. The van der Waals surface area contributed by atoms with Crippen molar-refractivity contribution in [3.05, 3.63) is 0 Å². The van der Waals surface area contributed by atoms with Gasteiger partial charge in [-0.25, -0.2) is 0 Å². The molecule has 0 heterocycles. The molecule has 3 heteroatoms. The lowest BCUT2D eigenvalue weighted by molar-refractivity contribution is 0.00823. The fourth-order valence-electron chi connectivity index (χ4n) is 1.93. The maximum atomic E-state index is 8.99. The molecular weight excluding hydrogens is 190 g/mol. The molecule has 0 aromatic heterocycles. The van der Waals surface area contributed by atoms with Gasteiger partial charge in [-0.05, 0) is 44.9 Å². The zero-order valence-electron chi connectivity index (χ0n) is 10.0. The molecule has 1 saturated carbocycles. The average molecular weight is 215 g/mol. The Bertz CT molecular complexity index is 174. The van der Waals surface area contributed by atoms with Crippen molar-refractivity contribution in [2.75, 3.05) is 13.2 Å². The summed E-state index contributed by atoms with van der Waals surface area (Å²) in [5.41, 5.74) is 5.34. The van der Waals surface area contributed by atoms with Gasteiger partial charge in [0.05, 0.1) is 12.7 Å². The van der Waals surface area contributed by atoms with Gasteiger partial charge in [-0.1, -0.05) is 6.92 Å². The van der Waals surface area contributed by atoms with E-state index in [1.165, 1.54) is 25.7 Å². The fraction of sp³-hybridized carbons (Fsp3) is 1.00. The standard InChI is InChI=1S/C12H25NO2/c1-10-3-5-11(6-4-10)15-8-7-12(2,13)9-14/h10-11,14H,3-9,13H2,1-2H3. The lowest BCUT2D eigenvalue weighted by Crippen LogP contribution is -2.41. The van der Waals surface area contributed by atoms with Crippen LogP contribution in [0.15, 0.2) is 0 Å². The maximum absolute atomic E-state index is 8.99. The quantitative estimate of drug-likeness (QED) is 0.733. The van der Waals surface area contributed by atoms with E-state index in [1.807, 2.05) is 6.92 Å². The van der Waals surface area contributed by atoms with Gasteiger partial charge in [0.2, 0.25) is 0 Å². The Morgan fingerprint density at radius 3 is 2.47 bits per heavy atom. The van der Waals surface area contributed by atoms with E-state index in [4.69, 9.17) is 15.6 Å². The molecule has 1 atom stereocenters. The Morgan fingerprint density at radius 1 is 1.33 bits per heavy atom. The number of hydrogen-bond donors (Lipinski definition) is 2. The van der Waals surface area contributed by atoms with Crippen molar-refractivity contribution in [1.82, 2.24) is 0 Å². The summed E-state index contributed by atoms with van der Waals surface area (Å²) >= 11 is 0. The molecule has 0 bridgehead atoms. The third-order valence-electron chi connectivity index (χ3n) is 3.35. The van der Waals surface area contributed by atoms with Crippen molar-refractivity contribution in [3.63, 3.8) is 0 Å². The van der Waals surface area contributed by atoms with Gasteiger partial charge in [0.25, 0.3) is 0 Å². The van der Waals surface area contributed by atoms with Crippen LogP contribution >= 0.6 is 0 Å². The molecule has 1 aliphatic carbocycles. The molecule has 3 N–H and O–H groups in total. The van der Waals surface area contributed by atoms with Crippen molar-refractivity contribution >= 4 is 0 Å². The predicted molar refractivity (Wildman–Crippen MR) is 61.7 cm³/mol. The first kappa shape index (κ1) is 12.9. The number of rotatable bonds is 5. The molecule has 1 aliphatic rings. The van der Waals surface area contributed by atoms with Crippen LogP contribution in [0.1, 0.15) is 46.0 Å². The van der Waals surface area contributed by atoms with Crippen LogP contribution in [0, 0.1) is 5.92 Å². The van der Waals surface area contributed by atoms with Gasteiger partial charge < -0.3 is 15.6 Å². The smallest absolute Gasteiger partial charge is 0.0609 e. The second-order valence-corrected chi connectivity index (χ2v) is 5.31. The van der Waals surface area contributed by atoms with Crippen molar-refractivity contribution < 1.29 is 9.84 Å². The Hall–Kier alpha value is -0.120. The number of nitrogens with two attached hydrogens (primary N) is 1. The van der Waals surface area contributed by atoms with E-state index < -0.39 is 5.54 Å². The Labute approximate surface area is 93.0 Å². The normalized spacial score (nSPS) is 31.2. The Balaban J connectivity index is 2.10. The van der Waals surface area contributed by atoms with Crippen LogP contribution in [-0.4, -0.2) is 30.0 Å². The fourth-order valence-corrected chi connectivity index (χ4v) is 1.93. The molecule has 15 heavy (non-hydrogen) atoms. The molecule has 0 saturated heterocycles. The van der Waals surface area contributed by atoms with Crippen LogP contribution in [0.5, 0.6) is 0 Å². The molecule has 0 aromatic carbocycles. The van der Waals surface area contributed by atoms with Crippen LogP contribution in [0.25, 0.3) is 0 Å². The summed E-state index contributed by atoms with van der Waals surface area (Å²) in [5, 5.41) is 8.99. The van der Waals surface area contributed by atoms with Gasteiger partial charge >= 0.3 is 0 Å². The van der Waals surface area contributed by atoms with E-state index in [1.54, 1.807) is 0 Å². The molecule has 3 nitrogen and oxygen atoms in total. The van der Waals surface area contributed by atoms with Gasteiger partial charge in [0, 0.05) is 12.1 Å². The highest BCUT2D eigenvalue weighted by molar-refractivity contribution is 4.77. The number of hydrogen-bond acceptors (Lipinski definition) is 3. The first-order chi connectivity index (χ1) is 7.03. The minimum Gasteiger partial charge on any atom is -0.394 e. The zero-order valence-corrected chi connectivity index (χ0v) is 10.0. The molecule has 1 fully saturated rings. The Morgan fingerprint density at radius 2 is 1.93 bits per heavy atom. The molecular formula is C12H25NO2. The summed E-state index contributed by atoms with van der Waals surface area (Å²) in [6.07, 6.45) is 6.09. The lowest BCUT2D eigenvalue weighted by Gasteiger charge is -2.28. The average Bonchev–Trinajstić information content (AvgIpc) is 2.21. The molecule has 0 amide bonds. The van der Waals surface area contributed by atoms with Gasteiger partial charge in [-0.3, -0.25) is 0 Å². The van der Waals surface area contributed by atoms with Crippen molar-refractivity contribution in [3.8, 4) is 0 Å². The molecule has 0 aliphatic heterocycles. The van der Waals surface area contributed by atoms with E-state index in [2.05, 4.69) is 6.92 Å². The summed E-state index contributed by atoms with van der Waals surface area (Å²) in [7, 11) is 0. The van der Waals surface area contributed by atoms with Crippen molar-refractivity contribution in [2.24, 2.45) is 11.7 Å². The van der Waals surface area contributed by atoms with E-state index in [0.717, 1.165) is 12.3 Å². The zero-order chi connectivity index (χ0) is 11.3. The summed E-state index contributed by atoms with van der Waals surface area (Å²) in [6, 6.07) is 0. The van der Waals surface area contributed by atoms with Gasteiger partial charge in [0.1, 0.15) is 0 Å². The largest absolute Gasteiger partial charge is 0.394 e. The lowest BCUT2D eigenvalue weighted by atomic mass is 9.89. The minimum atomic E-state index is -0.484. The highest BCUT2D eigenvalue weighted by Crippen LogP contribution is 2.25. The van der Waals surface area contributed by atoms with E-state index in [9.17, 15) is 0 Å². The summed E-state index contributed by atoms with van der Waals surface area (Å²) < 4.78 is 5.78. The summed E-state index contributed by atoms with van der Waals surface area (Å²) in [4.78, 5) is 0. The van der Waals surface area contributed by atoms with Crippen molar-refractivity contribution in [2.45, 2.75) is 57.6 Å². The first-order valence-corrected chi connectivity index (χ1v) is 6.05. The molecule has 0 aromatic rings. The van der Waals surface area contributed by atoms with Crippen LogP contribution in [0.2, 0.25) is 0 Å². The highest BCUT2D eigenvalue weighted by atomic mass is 16.5. The second kappa shape index (κ2) is 5.83. The van der Waals surface area contributed by atoms with E-state index in [-0.39, 0.29) is 6.61 Å². The number of ether oxygens (including phenoxy) is 1. The van der Waals surface area contributed by atoms with Crippen LogP contribution < -0.4 is 5.73 Å². The molecule has 0 spiro atoms. The third-order valence-corrected chi connectivity index (χ3v) is 3.35. The van der Waals surface area contributed by atoms with Crippen LogP contribution in [0.4, 0.5) is 0 Å². The number of aliphatic hydroxyl groups is 1.